The highest BCUT2D eigenvalue weighted by Gasteiger charge is 2.29. The summed E-state index contributed by atoms with van der Waals surface area (Å²) in [5.41, 5.74) is 1.31. The number of benzene rings is 1. The Labute approximate surface area is 186 Å². The Bertz CT molecular complexity index is 820. The Kier molecular flexibility index (Phi) is 8.94. The summed E-state index contributed by atoms with van der Waals surface area (Å²) in [4.78, 5) is 48.4. The van der Waals surface area contributed by atoms with Gasteiger partial charge >= 0.3 is 6.03 Å². The Hall–Kier alpha value is -3.21. The van der Waals surface area contributed by atoms with Crippen molar-refractivity contribution in [3.8, 4) is 0 Å². The summed E-state index contributed by atoms with van der Waals surface area (Å²) in [6.45, 7) is 4.11. The fourth-order valence-electron chi connectivity index (χ4n) is 3.71. The molecule has 2 rings (SSSR count). The number of rotatable bonds is 10. The molecule has 1 aromatic rings. The van der Waals surface area contributed by atoms with Gasteiger partial charge in [-0.3, -0.25) is 24.9 Å². The van der Waals surface area contributed by atoms with Crippen molar-refractivity contribution in [2.45, 2.75) is 46.0 Å². The summed E-state index contributed by atoms with van der Waals surface area (Å²) in [5, 5.41) is 24.8. The third-order valence-corrected chi connectivity index (χ3v) is 5.46. The lowest BCUT2D eigenvalue weighted by Crippen LogP contribution is -2.45. The van der Waals surface area contributed by atoms with Crippen molar-refractivity contribution in [2.24, 2.45) is 11.3 Å². The van der Waals surface area contributed by atoms with Crippen molar-refractivity contribution >= 4 is 29.2 Å². The van der Waals surface area contributed by atoms with E-state index >= 15 is 0 Å². The molecule has 176 valence electrons. The van der Waals surface area contributed by atoms with E-state index < -0.39 is 22.3 Å². The fraction of sp³-hybridized carbons (Fsp3) is 0.571. The molecule has 32 heavy (non-hydrogen) atoms. The average molecular weight is 450 g/mol. The standard InChI is InChI=1S/C21H31N5O6/c1-21(2,14-22-20(29)23-16-7-9-17(10-8-16)26(31)32)11-19(28)25(13-18(27)24-30)12-15-5-3-4-6-15/h7-10,15,30H,3-6,11-14H2,1-2H3,(H,24,27)(H2,22,23,29). The van der Waals surface area contributed by atoms with Gasteiger partial charge in [-0.15, -0.1) is 0 Å². The summed E-state index contributed by atoms with van der Waals surface area (Å²) >= 11 is 0. The predicted molar refractivity (Wildman–Crippen MR) is 117 cm³/mol. The molecule has 0 unspecified atom stereocenters. The molecular weight excluding hydrogens is 418 g/mol. The van der Waals surface area contributed by atoms with Crippen LogP contribution in [-0.2, 0) is 9.59 Å². The fourth-order valence-corrected chi connectivity index (χ4v) is 3.71. The van der Waals surface area contributed by atoms with Crippen LogP contribution in [0.4, 0.5) is 16.2 Å². The number of anilines is 1. The number of nitrogens with zero attached hydrogens (tertiary/aromatic N) is 2. The van der Waals surface area contributed by atoms with Crippen LogP contribution in [0.5, 0.6) is 0 Å². The first-order valence-electron chi connectivity index (χ1n) is 10.6. The molecule has 11 heteroatoms. The molecule has 0 radical (unpaired) electrons. The van der Waals surface area contributed by atoms with Crippen LogP contribution >= 0.6 is 0 Å². The molecule has 0 heterocycles. The maximum absolute atomic E-state index is 12.9. The topological polar surface area (TPSA) is 154 Å². The maximum atomic E-state index is 12.9. The van der Waals surface area contributed by atoms with Crippen molar-refractivity contribution in [3.05, 3.63) is 34.4 Å². The van der Waals surface area contributed by atoms with Crippen molar-refractivity contribution < 1.29 is 24.5 Å². The first-order chi connectivity index (χ1) is 15.1. The van der Waals surface area contributed by atoms with E-state index in [9.17, 15) is 24.5 Å². The van der Waals surface area contributed by atoms with E-state index in [1.807, 2.05) is 13.8 Å². The number of non-ortho nitro benzene ring substituents is 1. The second-order valence-corrected chi connectivity index (χ2v) is 8.91. The van der Waals surface area contributed by atoms with Gasteiger partial charge in [0.15, 0.2) is 0 Å². The molecule has 1 aliphatic rings. The lowest BCUT2D eigenvalue weighted by molar-refractivity contribution is -0.384. The second kappa shape index (κ2) is 11.4. The van der Waals surface area contributed by atoms with E-state index in [1.54, 1.807) is 5.48 Å². The van der Waals surface area contributed by atoms with E-state index in [2.05, 4.69) is 10.6 Å². The highest BCUT2D eigenvalue weighted by Crippen LogP contribution is 2.27. The summed E-state index contributed by atoms with van der Waals surface area (Å²) in [6, 6.07) is 4.94. The molecule has 0 saturated heterocycles. The third-order valence-electron chi connectivity index (χ3n) is 5.46. The zero-order chi connectivity index (χ0) is 23.7. The van der Waals surface area contributed by atoms with Crippen LogP contribution in [0.3, 0.4) is 0 Å². The minimum atomic E-state index is -0.644. The van der Waals surface area contributed by atoms with Crippen molar-refractivity contribution in [3.63, 3.8) is 0 Å². The second-order valence-electron chi connectivity index (χ2n) is 8.91. The lowest BCUT2D eigenvalue weighted by atomic mass is 9.88. The average Bonchev–Trinajstić information content (AvgIpc) is 3.25. The van der Waals surface area contributed by atoms with E-state index in [0.717, 1.165) is 25.7 Å². The largest absolute Gasteiger partial charge is 0.337 e. The quantitative estimate of drug-likeness (QED) is 0.245. The molecule has 0 bridgehead atoms. The monoisotopic (exact) mass is 449 g/mol. The van der Waals surface area contributed by atoms with E-state index in [1.165, 1.54) is 29.2 Å². The number of hydroxylamine groups is 1. The molecule has 4 amide bonds. The van der Waals surface area contributed by atoms with Crippen molar-refractivity contribution in [2.75, 3.05) is 25.0 Å². The lowest BCUT2D eigenvalue weighted by Gasteiger charge is -2.30. The highest BCUT2D eigenvalue weighted by molar-refractivity contribution is 5.89. The normalized spacial score (nSPS) is 14.0. The van der Waals surface area contributed by atoms with Gasteiger partial charge < -0.3 is 15.5 Å². The number of hydrogen-bond acceptors (Lipinski definition) is 6. The number of nitro groups is 1. The minimum Gasteiger partial charge on any atom is -0.337 e. The summed E-state index contributed by atoms with van der Waals surface area (Å²) < 4.78 is 0. The van der Waals surface area contributed by atoms with Crippen LogP contribution in [0, 0.1) is 21.4 Å². The molecule has 0 atom stereocenters. The number of carbonyl (C=O) groups excluding carboxylic acids is 3. The van der Waals surface area contributed by atoms with Gasteiger partial charge in [0.25, 0.3) is 11.6 Å². The minimum absolute atomic E-state index is 0.0763. The number of urea groups is 1. The van der Waals surface area contributed by atoms with Crippen LogP contribution in [0.1, 0.15) is 46.0 Å². The van der Waals surface area contributed by atoms with Gasteiger partial charge in [-0.1, -0.05) is 26.7 Å². The maximum Gasteiger partial charge on any atom is 0.319 e. The molecule has 11 nitrogen and oxygen atoms in total. The van der Waals surface area contributed by atoms with E-state index in [-0.39, 0.29) is 31.1 Å². The van der Waals surface area contributed by atoms with Crippen LogP contribution in [-0.4, -0.2) is 52.5 Å². The zero-order valence-electron chi connectivity index (χ0n) is 18.4. The number of hydrogen-bond donors (Lipinski definition) is 4. The molecule has 1 saturated carbocycles. The molecule has 0 spiro atoms. The van der Waals surface area contributed by atoms with Crippen molar-refractivity contribution in [1.82, 2.24) is 15.7 Å². The van der Waals surface area contributed by atoms with Crippen LogP contribution in [0.25, 0.3) is 0 Å². The van der Waals surface area contributed by atoms with Gasteiger partial charge in [-0.05, 0) is 36.3 Å². The van der Waals surface area contributed by atoms with Gasteiger partial charge in [0.2, 0.25) is 5.91 Å². The Morgan fingerprint density at radius 2 is 1.81 bits per heavy atom. The summed E-state index contributed by atoms with van der Waals surface area (Å²) in [5.74, 6) is -0.517. The van der Waals surface area contributed by atoms with Crippen LogP contribution in [0.15, 0.2) is 24.3 Å². The zero-order valence-corrected chi connectivity index (χ0v) is 18.4. The predicted octanol–water partition coefficient (Wildman–Crippen LogP) is 2.66. The van der Waals surface area contributed by atoms with Gasteiger partial charge in [-0.2, -0.15) is 0 Å². The molecular formula is C21H31N5O6. The molecule has 0 aliphatic heterocycles. The Morgan fingerprint density at radius 3 is 2.38 bits per heavy atom. The smallest absolute Gasteiger partial charge is 0.319 e. The van der Waals surface area contributed by atoms with Crippen molar-refractivity contribution in [1.29, 1.82) is 0 Å². The first kappa shape index (κ1) is 25.1. The van der Waals surface area contributed by atoms with Gasteiger partial charge in [0, 0.05) is 37.3 Å². The first-order valence-corrected chi connectivity index (χ1v) is 10.6. The van der Waals surface area contributed by atoms with Gasteiger partial charge in [-0.25, -0.2) is 10.3 Å². The summed E-state index contributed by atoms with van der Waals surface area (Å²) in [6.07, 6.45) is 4.35. The summed E-state index contributed by atoms with van der Waals surface area (Å²) in [7, 11) is 0. The Balaban J connectivity index is 1.88. The molecule has 0 aromatic heterocycles. The van der Waals surface area contributed by atoms with Gasteiger partial charge in [0.05, 0.1) is 4.92 Å². The highest BCUT2D eigenvalue weighted by atomic mass is 16.6. The molecule has 1 aliphatic carbocycles. The molecule has 1 aromatic carbocycles. The number of nitro benzene ring substituents is 1. The number of amides is 4. The third kappa shape index (κ3) is 8.14. The molecule has 4 N–H and O–H groups in total. The van der Waals surface area contributed by atoms with Gasteiger partial charge in [0.1, 0.15) is 6.54 Å². The molecule has 1 fully saturated rings. The van der Waals surface area contributed by atoms with Crippen LogP contribution in [0.2, 0.25) is 0 Å². The number of carbonyl (C=O) groups is 3. The number of nitrogens with one attached hydrogen (secondary N) is 3. The van der Waals surface area contributed by atoms with Crippen LogP contribution < -0.4 is 16.1 Å². The SMILES string of the molecule is CC(C)(CNC(=O)Nc1ccc([N+](=O)[O-])cc1)CC(=O)N(CC(=O)NO)CC1CCCC1. The van der Waals surface area contributed by atoms with E-state index in [0.29, 0.717) is 18.2 Å². The Morgan fingerprint density at radius 1 is 1.19 bits per heavy atom. The van der Waals surface area contributed by atoms with E-state index in [4.69, 9.17) is 5.21 Å².